The van der Waals surface area contributed by atoms with Gasteiger partial charge in [-0.2, -0.15) is 5.10 Å². The van der Waals surface area contributed by atoms with Gasteiger partial charge in [0.2, 0.25) is 5.91 Å². The lowest BCUT2D eigenvalue weighted by Gasteiger charge is -2.10. The van der Waals surface area contributed by atoms with Gasteiger partial charge in [0.05, 0.1) is 32.9 Å². The van der Waals surface area contributed by atoms with Crippen LogP contribution in [0, 0.1) is 11.7 Å². The van der Waals surface area contributed by atoms with Crippen LogP contribution in [0.1, 0.15) is 16.8 Å². The van der Waals surface area contributed by atoms with Crippen molar-refractivity contribution in [1.82, 2.24) is 15.2 Å². The molecule has 4 aromatic rings. The predicted octanol–water partition coefficient (Wildman–Crippen LogP) is 4.63. The highest BCUT2D eigenvalue weighted by Crippen LogP contribution is 2.41. The van der Waals surface area contributed by atoms with Crippen LogP contribution in [0.15, 0.2) is 24.4 Å². The van der Waals surface area contributed by atoms with E-state index in [4.69, 9.17) is 11.6 Å². The van der Waals surface area contributed by atoms with Crippen molar-refractivity contribution < 1.29 is 23.5 Å². The Morgan fingerprint density at radius 2 is 2.13 bits per heavy atom. The van der Waals surface area contributed by atoms with Gasteiger partial charge >= 0.3 is 5.97 Å². The van der Waals surface area contributed by atoms with Crippen LogP contribution in [0.3, 0.4) is 0 Å². The zero-order valence-corrected chi connectivity index (χ0v) is 16.4. The monoisotopic (exact) mass is 448 g/mol. The van der Waals surface area contributed by atoms with Crippen LogP contribution in [0.4, 0.5) is 13.9 Å². The summed E-state index contributed by atoms with van der Waals surface area (Å²) in [6, 6.07) is 5.06. The first kappa shape index (κ1) is 18.9. The average Bonchev–Trinajstić information content (AvgIpc) is 3.08. The lowest BCUT2D eigenvalue weighted by molar-refractivity contribution is -0.117. The van der Waals surface area contributed by atoms with E-state index < -0.39 is 35.3 Å². The van der Waals surface area contributed by atoms with E-state index in [0.29, 0.717) is 31.9 Å². The van der Waals surface area contributed by atoms with Gasteiger partial charge in [-0.3, -0.25) is 9.89 Å². The van der Waals surface area contributed by atoms with Gasteiger partial charge in [-0.15, -0.1) is 0 Å². The van der Waals surface area contributed by atoms with Gasteiger partial charge in [0.1, 0.15) is 11.7 Å². The maximum absolute atomic E-state index is 14.7. The minimum Gasteiger partial charge on any atom is -0.478 e. The third-order valence-corrected chi connectivity index (χ3v) is 6.25. The zero-order valence-electron chi connectivity index (χ0n) is 14.9. The maximum Gasteiger partial charge on any atom is 0.340 e. The molecular weight excluding hydrogens is 438 g/mol. The van der Waals surface area contributed by atoms with E-state index in [1.807, 2.05) is 0 Å². The number of aromatic carboxylic acids is 1. The van der Waals surface area contributed by atoms with Crippen LogP contribution >= 0.6 is 22.9 Å². The number of carbonyl (C=O) groups excluding carboxylic acids is 1. The number of carboxylic acid groups (broad SMARTS) is 1. The number of aromatic nitrogens is 3. The highest BCUT2D eigenvalue weighted by Gasteiger charge is 2.43. The van der Waals surface area contributed by atoms with Crippen molar-refractivity contribution in [2.45, 2.75) is 12.6 Å². The van der Waals surface area contributed by atoms with Gasteiger partial charge in [0.15, 0.2) is 10.9 Å². The Bertz CT molecular complexity index is 1370. The maximum atomic E-state index is 14.7. The molecule has 152 valence electrons. The molecule has 0 spiro atoms. The molecule has 1 aliphatic carbocycles. The van der Waals surface area contributed by atoms with Gasteiger partial charge < -0.3 is 10.4 Å². The van der Waals surface area contributed by atoms with Crippen LogP contribution in [0.2, 0.25) is 5.02 Å². The number of aromatic amines is 1. The van der Waals surface area contributed by atoms with Gasteiger partial charge in [0.25, 0.3) is 0 Å². The molecule has 30 heavy (non-hydrogen) atoms. The molecule has 5 rings (SSSR count). The van der Waals surface area contributed by atoms with Crippen molar-refractivity contribution in [2.24, 2.45) is 5.92 Å². The van der Waals surface area contributed by atoms with Gasteiger partial charge in [-0.05, 0) is 24.1 Å². The van der Waals surface area contributed by atoms with E-state index in [1.165, 1.54) is 17.5 Å². The number of fused-ring (bicyclic) bond motifs is 2. The lowest BCUT2D eigenvalue weighted by atomic mass is 9.98. The van der Waals surface area contributed by atoms with Crippen molar-refractivity contribution >= 4 is 61.1 Å². The second kappa shape index (κ2) is 6.71. The molecule has 2 atom stereocenters. The number of amides is 1. The first-order valence-corrected chi connectivity index (χ1v) is 9.97. The molecule has 0 radical (unpaired) electrons. The SMILES string of the molecule is O=C(O)c1c(F)c(Cl)c(-c2ccc3nc(NC(=O)[C@@H]4C[C@@H]4F)sc3c2)c2cn[nH]c12. The third-order valence-electron chi connectivity index (χ3n) is 4.96. The summed E-state index contributed by atoms with van der Waals surface area (Å²) < 4.78 is 28.5. The average molecular weight is 449 g/mol. The first-order valence-electron chi connectivity index (χ1n) is 8.78. The second-order valence-corrected chi connectivity index (χ2v) is 8.30. The predicted molar refractivity (Wildman–Crippen MR) is 108 cm³/mol. The van der Waals surface area contributed by atoms with E-state index in [0.717, 1.165) is 0 Å². The molecule has 2 heterocycles. The van der Waals surface area contributed by atoms with Crippen LogP contribution in [0.25, 0.3) is 32.2 Å². The number of nitrogens with one attached hydrogen (secondary N) is 2. The van der Waals surface area contributed by atoms with Crippen molar-refractivity contribution in [1.29, 1.82) is 0 Å². The minimum absolute atomic E-state index is 0.0296. The topological polar surface area (TPSA) is 108 Å². The van der Waals surface area contributed by atoms with Crippen LogP contribution in [0.5, 0.6) is 0 Å². The van der Waals surface area contributed by atoms with Gasteiger partial charge in [0, 0.05) is 10.9 Å². The Hall–Kier alpha value is -3.11. The molecule has 2 aromatic carbocycles. The van der Waals surface area contributed by atoms with Crippen LogP contribution < -0.4 is 5.32 Å². The Kier molecular flexibility index (Phi) is 4.23. The molecule has 11 heteroatoms. The highest BCUT2D eigenvalue weighted by molar-refractivity contribution is 7.22. The summed E-state index contributed by atoms with van der Waals surface area (Å²) in [5.41, 5.74) is 0.867. The minimum atomic E-state index is -1.46. The standard InChI is InChI=1S/C19H11ClF2N4O3S/c20-14-12(8-5-23-26-16(8)13(15(14)22)18(28)29)6-1-2-10-11(3-6)30-19(24-10)25-17(27)7-4-9(7)21/h1-3,5,7,9H,4H2,(H,23,26)(H,28,29)(H,24,25,27)/t7-,9+/m1/s1. The quantitative estimate of drug-likeness (QED) is 0.422. The molecule has 1 aliphatic rings. The number of alkyl halides is 1. The molecule has 0 unspecified atom stereocenters. The van der Waals surface area contributed by atoms with Crippen molar-refractivity contribution in [3.63, 3.8) is 0 Å². The van der Waals surface area contributed by atoms with Crippen LogP contribution in [-0.2, 0) is 4.79 Å². The molecular formula is C19H11ClF2N4O3S. The molecule has 0 bridgehead atoms. The number of hydrogen-bond acceptors (Lipinski definition) is 5. The van der Waals surface area contributed by atoms with E-state index in [2.05, 4.69) is 20.5 Å². The van der Waals surface area contributed by atoms with Crippen molar-refractivity contribution in [3.8, 4) is 11.1 Å². The number of benzene rings is 2. The Balaban J connectivity index is 1.60. The van der Waals surface area contributed by atoms with Gasteiger partial charge in [-0.25, -0.2) is 18.6 Å². The summed E-state index contributed by atoms with van der Waals surface area (Å²) in [6.45, 7) is 0. The number of halogens is 3. The number of anilines is 1. The molecule has 1 fully saturated rings. The van der Waals surface area contributed by atoms with E-state index in [1.54, 1.807) is 18.2 Å². The normalized spacial score (nSPS) is 18.1. The molecule has 0 aliphatic heterocycles. The smallest absolute Gasteiger partial charge is 0.340 e. The number of rotatable bonds is 4. The molecule has 2 aromatic heterocycles. The zero-order chi connectivity index (χ0) is 21.2. The van der Waals surface area contributed by atoms with Crippen LogP contribution in [-0.4, -0.2) is 38.3 Å². The number of thiazole rings is 1. The highest BCUT2D eigenvalue weighted by atomic mass is 35.5. The fraction of sp³-hybridized carbons (Fsp3) is 0.158. The fourth-order valence-electron chi connectivity index (χ4n) is 3.36. The molecule has 1 amide bonds. The molecule has 7 nitrogen and oxygen atoms in total. The lowest BCUT2D eigenvalue weighted by Crippen LogP contribution is -2.14. The summed E-state index contributed by atoms with van der Waals surface area (Å²) in [4.78, 5) is 27.7. The molecule has 0 saturated heterocycles. The Morgan fingerprint density at radius 3 is 2.83 bits per heavy atom. The Morgan fingerprint density at radius 1 is 1.37 bits per heavy atom. The summed E-state index contributed by atoms with van der Waals surface area (Å²) in [5.74, 6) is -3.55. The summed E-state index contributed by atoms with van der Waals surface area (Å²) in [5, 5.41) is 18.7. The molecule has 1 saturated carbocycles. The largest absolute Gasteiger partial charge is 0.478 e. The Labute approximate surface area is 175 Å². The van der Waals surface area contributed by atoms with E-state index in [9.17, 15) is 23.5 Å². The number of H-pyrrole nitrogens is 1. The number of hydrogen-bond donors (Lipinski definition) is 3. The molecule has 3 N–H and O–H groups in total. The third kappa shape index (κ3) is 2.91. The summed E-state index contributed by atoms with van der Waals surface area (Å²) >= 11 is 7.40. The summed E-state index contributed by atoms with van der Waals surface area (Å²) in [7, 11) is 0. The van der Waals surface area contributed by atoms with Crippen molar-refractivity contribution in [3.05, 3.63) is 40.8 Å². The fourth-order valence-corrected chi connectivity index (χ4v) is 4.58. The van der Waals surface area contributed by atoms with E-state index in [-0.39, 0.29) is 17.0 Å². The summed E-state index contributed by atoms with van der Waals surface area (Å²) in [6.07, 6.45) is 0.500. The number of carbonyl (C=O) groups is 2. The van der Waals surface area contributed by atoms with Crippen molar-refractivity contribution in [2.75, 3.05) is 5.32 Å². The second-order valence-electron chi connectivity index (χ2n) is 6.89. The van der Waals surface area contributed by atoms with Gasteiger partial charge in [-0.1, -0.05) is 29.0 Å². The number of carboxylic acids is 1. The number of nitrogens with zero attached hydrogens (tertiary/aromatic N) is 2. The first-order chi connectivity index (χ1) is 14.3. The van der Waals surface area contributed by atoms with E-state index >= 15 is 0 Å².